The van der Waals surface area contributed by atoms with Crippen LogP contribution in [-0.2, 0) is 4.74 Å². The summed E-state index contributed by atoms with van der Waals surface area (Å²) in [6, 6.07) is 8.18. The molecule has 1 fully saturated rings. The van der Waals surface area contributed by atoms with Crippen LogP contribution in [0, 0.1) is 6.92 Å². The van der Waals surface area contributed by atoms with Gasteiger partial charge in [0.1, 0.15) is 12.1 Å². The Hall–Kier alpha value is -2.47. The first-order valence-electron chi connectivity index (χ1n) is 8.28. The van der Waals surface area contributed by atoms with E-state index in [0.717, 1.165) is 41.2 Å². The van der Waals surface area contributed by atoms with E-state index in [1.807, 2.05) is 23.0 Å². The molecule has 1 aliphatic heterocycles. The Morgan fingerprint density at radius 1 is 1.08 bits per heavy atom. The van der Waals surface area contributed by atoms with Crippen LogP contribution < -0.4 is 4.90 Å². The van der Waals surface area contributed by atoms with Crippen molar-refractivity contribution in [2.24, 2.45) is 0 Å². The zero-order valence-electron chi connectivity index (χ0n) is 14.2. The predicted molar refractivity (Wildman–Crippen MR) is 93.6 cm³/mol. The lowest BCUT2D eigenvalue weighted by Gasteiger charge is -2.36. The van der Waals surface area contributed by atoms with Crippen molar-refractivity contribution in [1.82, 2.24) is 19.7 Å². The fraction of sp³-hybridized carbons (Fsp3) is 0.389. The zero-order chi connectivity index (χ0) is 16.7. The minimum absolute atomic E-state index is 0.185. The number of aromatic nitrogens is 4. The van der Waals surface area contributed by atoms with Gasteiger partial charge in [-0.3, -0.25) is 0 Å². The number of para-hydroxylation sites is 1. The molecule has 3 aromatic rings. The van der Waals surface area contributed by atoms with Crippen molar-refractivity contribution in [3.8, 4) is 5.69 Å². The third-order valence-electron chi connectivity index (χ3n) is 4.41. The quantitative estimate of drug-likeness (QED) is 0.726. The molecule has 6 nitrogen and oxygen atoms in total. The van der Waals surface area contributed by atoms with E-state index in [1.54, 1.807) is 6.33 Å². The smallest absolute Gasteiger partial charge is 0.168 e. The van der Waals surface area contributed by atoms with Crippen molar-refractivity contribution in [2.75, 3.05) is 18.0 Å². The Labute approximate surface area is 141 Å². The lowest BCUT2D eigenvalue weighted by atomic mass is 10.2. The molecule has 0 radical (unpaired) electrons. The van der Waals surface area contributed by atoms with Gasteiger partial charge in [-0.15, -0.1) is 0 Å². The highest BCUT2D eigenvalue weighted by atomic mass is 16.5. The van der Waals surface area contributed by atoms with E-state index >= 15 is 0 Å². The summed E-state index contributed by atoms with van der Waals surface area (Å²) in [6.07, 6.45) is 3.86. The van der Waals surface area contributed by atoms with Gasteiger partial charge in [0, 0.05) is 13.1 Å². The van der Waals surface area contributed by atoms with Gasteiger partial charge in [-0.1, -0.05) is 18.2 Å². The number of rotatable bonds is 2. The SMILES string of the molecule is Cc1ccccc1-n1ncc2c(N3C[C@H](C)O[C@@H](C)C3)ncnc21. The molecule has 2 atom stereocenters. The van der Waals surface area contributed by atoms with E-state index in [4.69, 9.17) is 4.74 Å². The van der Waals surface area contributed by atoms with Crippen molar-refractivity contribution in [1.29, 1.82) is 0 Å². The van der Waals surface area contributed by atoms with Crippen molar-refractivity contribution < 1.29 is 4.74 Å². The first-order chi connectivity index (χ1) is 11.6. The van der Waals surface area contributed by atoms with Crippen molar-refractivity contribution in [2.45, 2.75) is 33.0 Å². The van der Waals surface area contributed by atoms with E-state index < -0.39 is 0 Å². The average molecular weight is 323 g/mol. The second kappa shape index (κ2) is 5.87. The Bertz CT molecular complexity index is 865. The second-order valence-electron chi connectivity index (χ2n) is 6.44. The summed E-state index contributed by atoms with van der Waals surface area (Å²) in [7, 11) is 0. The van der Waals surface area contributed by atoms with Crippen LogP contribution >= 0.6 is 0 Å². The summed E-state index contributed by atoms with van der Waals surface area (Å²) in [4.78, 5) is 11.3. The number of ether oxygens (including phenoxy) is 1. The highest BCUT2D eigenvalue weighted by Gasteiger charge is 2.25. The summed E-state index contributed by atoms with van der Waals surface area (Å²) in [6.45, 7) is 7.92. The molecule has 4 rings (SSSR count). The summed E-state index contributed by atoms with van der Waals surface area (Å²) in [5.41, 5.74) is 3.04. The van der Waals surface area contributed by atoms with Crippen molar-refractivity contribution in [3.05, 3.63) is 42.4 Å². The standard InChI is InChI=1S/C18H21N5O/c1-12-6-4-5-7-16(12)23-18-15(8-21-23)17(19-11-20-18)22-9-13(2)24-14(3)10-22/h4-8,11,13-14H,9-10H2,1-3H3/t13-,14-/m0/s1. The van der Waals surface area contributed by atoms with Crippen LogP contribution in [0.3, 0.4) is 0 Å². The highest BCUT2D eigenvalue weighted by Crippen LogP contribution is 2.27. The normalized spacial score (nSPS) is 21.4. The van der Waals surface area contributed by atoms with Crippen molar-refractivity contribution in [3.63, 3.8) is 0 Å². The fourth-order valence-electron chi connectivity index (χ4n) is 3.41. The number of hydrogen-bond acceptors (Lipinski definition) is 5. The molecule has 0 amide bonds. The first kappa shape index (κ1) is 15.1. The highest BCUT2D eigenvalue weighted by molar-refractivity contribution is 5.87. The maximum atomic E-state index is 5.83. The molecule has 0 bridgehead atoms. The molecule has 24 heavy (non-hydrogen) atoms. The average Bonchev–Trinajstić information content (AvgIpc) is 2.98. The van der Waals surface area contributed by atoms with Crippen LogP contribution in [0.4, 0.5) is 5.82 Å². The van der Waals surface area contributed by atoms with E-state index in [-0.39, 0.29) is 12.2 Å². The number of fused-ring (bicyclic) bond motifs is 1. The number of anilines is 1. The molecule has 0 spiro atoms. The summed E-state index contributed by atoms with van der Waals surface area (Å²) in [5, 5.41) is 5.55. The van der Waals surface area contributed by atoms with E-state index in [1.165, 1.54) is 0 Å². The number of morpholine rings is 1. The Morgan fingerprint density at radius 2 is 1.83 bits per heavy atom. The van der Waals surface area contributed by atoms with Crippen LogP contribution in [0.1, 0.15) is 19.4 Å². The molecular formula is C18H21N5O. The van der Waals surface area contributed by atoms with Crippen LogP contribution in [0.5, 0.6) is 0 Å². The van der Waals surface area contributed by atoms with Gasteiger partial charge in [0.15, 0.2) is 5.65 Å². The first-order valence-corrected chi connectivity index (χ1v) is 8.28. The molecule has 0 N–H and O–H groups in total. The molecular weight excluding hydrogens is 302 g/mol. The third-order valence-corrected chi connectivity index (χ3v) is 4.41. The predicted octanol–water partition coefficient (Wildman–Crippen LogP) is 2.74. The monoisotopic (exact) mass is 323 g/mol. The van der Waals surface area contributed by atoms with Gasteiger partial charge in [-0.2, -0.15) is 5.10 Å². The fourth-order valence-corrected chi connectivity index (χ4v) is 3.41. The van der Waals surface area contributed by atoms with E-state index in [2.05, 4.69) is 52.9 Å². The van der Waals surface area contributed by atoms with Crippen LogP contribution in [0.2, 0.25) is 0 Å². The topological polar surface area (TPSA) is 56.1 Å². The van der Waals surface area contributed by atoms with Gasteiger partial charge in [-0.05, 0) is 32.4 Å². The van der Waals surface area contributed by atoms with Gasteiger partial charge in [-0.25, -0.2) is 14.6 Å². The van der Waals surface area contributed by atoms with Gasteiger partial charge in [0.25, 0.3) is 0 Å². The Balaban J connectivity index is 1.81. The lowest BCUT2D eigenvalue weighted by molar-refractivity contribution is -0.00537. The molecule has 1 saturated heterocycles. The van der Waals surface area contributed by atoms with Crippen LogP contribution in [0.15, 0.2) is 36.8 Å². The van der Waals surface area contributed by atoms with Crippen molar-refractivity contribution >= 4 is 16.9 Å². The molecule has 2 aromatic heterocycles. The summed E-state index contributed by atoms with van der Waals surface area (Å²) >= 11 is 0. The van der Waals surface area contributed by atoms with Gasteiger partial charge < -0.3 is 9.64 Å². The molecule has 0 saturated carbocycles. The largest absolute Gasteiger partial charge is 0.372 e. The van der Waals surface area contributed by atoms with Gasteiger partial charge in [0.2, 0.25) is 0 Å². The Kier molecular flexibility index (Phi) is 3.69. The maximum absolute atomic E-state index is 5.83. The summed E-state index contributed by atoms with van der Waals surface area (Å²) in [5.74, 6) is 0.932. The van der Waals surface area contributed by atoms with Gasteiger partial charge in [0.05, 0.1) is 29.5 Å². The van der Waals surface area contributed by atoms with Crippen LogP contribution in [0.25, 0.3) is 16.7 Å². The molecule has 6 heteroatoms. The maximum Gasteiger partial charge on any atom is 0.168 e. The molecule has 1 aromatic carbocycles. The lowest BCUT2D eigenvalue weighted by Crippen LogP contribution is -2.45. The molecule has 0 aliphatic carbocycles. The molecule has 0 unspecified atom stereocenters. The van der Waals surface area contributed by atoms with E-state index in [9.17, 15) is 0 Å². The number of nitrogens with zero attached hydrogens (tertiary/aromatic N) is 5. The molecule has 1 aliphatic rings. The Morgan fingerprint density at radius 3 is 2.58 bits per heavy atom. The second-order valence-corrected chi connectivity index (χ2v) is 6.44. The number of aryl methyl sites for hydroxylation is 1. The molecule has 124 valence electrons. The summed E-state index contributed by atoms with van der Waals surface area (Å²) < 4.78 is 7.73. The number of hydrogen-bond donors (Lipinski definition) is 0. The number of benzene rings is 1. The third kappa shape index (κ3) is 2.53. The minimum Gasteiger partial charge on any atom is -0.372 e. The van der Waals surface area contributed by atoms with E-state index in [0.29, 0.717) is 0 Å². The zero-order valence-corrected chi connectivity index (χ0v) is 14.2. The van der Waals surface area contributed by atoms with Gasteiger partial charge >= 0.3 is 0 Å². The van der Waals surface area contributed by atoms with Crippen LogP contribution in [-0.4, -0.2) is 45.0 Å². The molecule has 3 heterocycles. The minimum atomic E-state index is 0.185.